The predicted molar refractivity (Wildman–Crippen MR) is 106 cm³/mol. The number of rotatable bonds is 7. The fourth-order valence-electron chi connectivity index (χ4n) is 3.39. The third-order valence-corrected chi connectivity index (χ3v) is 5.28. The van der Waals surface area contributed by atoms with E-state index < -0.39 is 0 Å². The van der Waals surface area contributed by atoms with E-state index in [1.54, 1.807) is 0 Å². The molecule has 27 heavy (non-hydrogen) atoms. The maximum atomic E-state index is 12.2. The molecule has 0 unspecified atom stereocenters. The number of amides is 1. The summed E-state index contributed by atoms with van der Waals surface area (Å²) in [4.78, 5) is 20.5. The standard InChI is InChI=1S/C22H29N3O2/c1-18(20-10-12-23-13-11-20)24(2)16-19-6-8-21(9-7-19)27-17-22(26)25-14-4-3-5-15-25/h6-13,18H,3-5,14-17H2,1-2H3/t18-/m0/s1. The fraction of sp³-hybridized carbons (Fsp3) is 0.455. The normalized spacial score (nSPS) is 15.6. The predicted octanol–water partition coefficient (Wildman–Crippen LogP) is 3.67. The van der Waals surface area contributed by atoms with Crippen LogP contribution in [0, 0.1) is 0 Å². The van der Waals surface area contributed by atoms with Crippen molar-refractivity contribution in [3.8, 4) is 5.75 Å². The van der Waals surface area contributed by atoms with E-state index in [0.717, 1.165) is 38.2 Å². The molecule has 0 spiro atoms. The Morgan fingerprint density at radius 2 is 1.78 bits per heavy atom. The summed E-state index contributed by atoms with van der Waals surface area (Å²) in [5, 5.41) is 0. The zero-order chi connectivity index (χ0) is 19.1. The van der Waals surface area contributed by atoms with E-state index in [4.69, 9.17) is 4.74 Å². The summed E-state index contributed by atoms with van der Waals surface area (Å²) in [7, 11) is 2.12. The van der Waals surface area contributed by atoms with Crippen molar-refractivity contribution in [2.75, 3.05) is 26.7 Å². The molecule has 0 radical (unpaired) electrons. The molecule has 1 aliphatic heterocycles. The quantitative estimate of drug-likeness (QED) is 0.749. The second-order valence-corrected chi connectivity index (χ2v) is 7.25. The lowest BCUT2D eigenvalue weighted by molar-refractivity contribution is -0.134. The number of hydrogen-bond donors (Lipinski definition) is 0. The van der Waals surface area contributed by atoms with E-state index >= 15 is 0 Å². The highest BCUT2D eigenvalue weighted by molar-refractivity contribution is 5.77. The lowest BCUT2D eigenvalue weighted by Gasteiger charge is -2.26. The molecule has 144 valence electrons. The average molecular weight is 367 g/mol. The lowest BCUT2D eigenvalue weighted by atomic mass is 10.1. The van der Waals surface area contributed by atoms with Gasteiger partial charge in [-0.1, -0.05) is 12.1 Å². The van der Waals surface area contributed by atoms with Gasteiger partial charge in [-0.25, -0.2) is 0 Å². The van der Waals surface area contributed by atoms with Gasteiger partial charge in [-0.15, -0.1) is 0 Å². The second kappa shape index (κ2) is 9.51. The van der Waals surface area contributed by atoms with Crippen LogP contribution in [-0.2, 0) is 11.3 Å². The third kappa shape index (κ3) is 5.54. The molecule has 3 rings (SSSR count). The molecule has 2 heterocycles. The van der Waals surface area contributed by atoms with E-state index in [1.165, 1.54) is 17.5 Å². The van der Waals surface area contributed by atoms with Crippen LogP contribution in [0.1, 0.15) is 43.4 Å². The Morgan fingerprint density at radius 3 is 2.44 bits per heavy atom. The molecule has 1 amide bonds. The van der Waals surface area contributed by atoms with Crippen molar-refractivity contribution in [3.63, 3.8) is 0 Å². The molecule has 5 heteroatoms. The first kappa shape index (κ1) is 19.4. The number of carbonyl (C=O) groups excluding carboxylic acids is 1. The van der Waals surface area contributed by atoms with Crippen molar-refractivity contribution < 1.29 is 9.53 Å². The Balaban J connectivity index is 1.48. The first-order valence-corrected chi connectivity index (χ1v) is 9.73. The number of hydrogen-bond acceptors (Lipinski definition) is 4. The van der Waals surface area contributed by atoms with Crippen LogP contribution in [0.25, 0.3) is 0 Å². The Morgan fingerprint density at radius 1 is 1.11 bits per heavy atom. The minimum absolute atomic E-state index is 0.0877. The number of benzene rings is 1. The number of piperidine rings is 1. The molecule has 1 saturated heterocycles. The van der Waals surface area contributed by atoms with Crippen molar-refractivity contribution in [3.05, 3.63) is 59.9 Å². The second-order valence-electron chi connectivity index (χ2n) is 7.25. The van der Waals surface area contributed by atoms with Gasteiger partial charge in [-0.2, -0.15) is 0 Å². The largest absolute Gasteiger partial charge is 0.484 e. The van der Waals surface area contributed by atoms with Gasteiger partial charge in [0.15, 0.2) is 6.61 Å². The van der Waals surface area contributed by atoms with Gasteiger partial charge in [0, 0.05) is 38.1 Å². The van der Waals surface area contributed by atoms with Gasteiger partial charge in [0.2, 0.25) is 0 Å². The molecule has 0 saturated carbocycles. The zero-order valence-electron chi connectivity index (χ0n) is 16.3. The molecule has 0 N–H and O–H groups in total. The van der Waals surface area contributed by atoms with Crippen LogP contribution in [0.3, 0.4) is 0 Å². The molecular weight excluding hydrogens is 338 g/mol. The summed E-state index contributed by atoms with van der Waals surface area (Å²) in [6, 6.07) is 12.4. The van der Waals surface area contributed by atoms with Crippen molar-refractivity contribution in [1.82, 2.24) is 14.8 Å². The molecular formula is C22H29N3O2. The van der Waals surface area contributed by atoms with Crippen LogP contribution in [0.15, 0.2) is 48.8 Å². The topological polar surface area (TPSA) is 45.7 Å². The first-order chi connectivity index (χ1) is 13.1. The summed E-state index contributed by atoms with van der Waals surface area (Å²) in [6.07, 6.45) is 7.09. The van der Waals surface area contributed by atoms with Gasteiger partial charge >= 0.3 is 0 Å². The van der Waals surface area contributed by atoms with Crippen LogP contribution in [-0.4, -0.2) is 47.4 Å². The van der Waals surface area contributed by atoms with Gasteiger partial charge < -0.3 is 9.64 Å². The lowest BCUT2D eigenvalue weighted by Crippen LogP contribution is -2.38. The van der Waals surface area contributed by atoms with Gasteiger partial charge in [0.05, 0.1) is 0 Å². The summed E-state index contributed by atoms with van der Waals surface area (Å²) < 4.78 is 5.69. The van der Waals surface area contributed by atoms with E-state index in [2.05, 4.69) is 48.1 Å². The highest BCUT2D eigenvalue weighted by atomic mass is 16.5. The summed E-state index contributed by atoms with van der Waals surface area (Å²) in [6.45, 7) is 4.89. The summed E-state index contributed by atoms with van der Waals surface area (Å²) in [5.41, 5.74) is 2.47. The molecule has 1 atom stereocenters. The molecule has 1 fully saturated rings. The Kier molecular flexibility index (Phi) is 6.82. The van der Waals surface area contributed by atoms with Crippen LogP contribution in [0.5, 0.6) is 5.75 Å². The molecule has 5 nitrogen and oxygen atoms in total. The number of carbonyl (C=O) groups is 1. The minimum atomic E-state index is 0.0877. The smallest absolute Gasteiger partial charge is 0.260 e. The maximum Gasteiger partial charge on any atom is 0.260 e. The molecule has 0 aliphatic carbocycles. The number of likely N-dealkylation sites (tertiary alicyclic amines) is 1. The Bertz CT molecular complexity index is 712. The van der Waals surface area contributed by atoms with Gasteiger partial charge in [0.25, 0.3) is 5.91 Å². The Labute approximate surface area is 162 Å². The van der Waals surface area contributed by atoms with E-state index in [1.807, 2.05) is 29.4 Å². The highest BCUT2D eigenvalue weighted by Crippen LogP contribution is 2.21. The number of nitrogens with zero attached hydrogens (tertiary/aromatic N) is 3. The molecule has 1 aromatic carbocycles. The summed E-state index contributed by atoms with van der Waals surface area (Å²) in [5.74, 6) is 0.832. The van der Waals surface area contributed by atoms with Gasteiger partial charge in [-0.05, 0) is 68.6 Å². The van der Waals surface area contributed by atoms with Gasteiger partial charge in [-0.3, -0.25) is 14.7 Å². The Hall–Kier alpha value is -2.40. The van der Waals surface area contributed by atoms with E-state index in [0.29, 0.717) is 6.04 Å². The molecule has 0 bridgehead atoms. The maximum absolute atomic E-state index is 12.2. The van der Waals surface area contributed by atoms with Crippen molar-refractivity contribution in [2.24, 2.45) is 0 Å². The van der Waals surface area contributed by atoms with Crippen LogP contribution < -0.4 is 4.74 Å². The zero-order valence-corrected chi connectivity index (χ0v) is 16.3. The first-order valence-electron chi connectivity index (χ1n) is 9.73. The van der Waals surface area contributed by atoms with Crippen molar-refractivity contribution in [2.45, 2.75) is 38.8 Å². The SMILES string of the molecule is C[C@@H](c1ccncc1)N(C)Cc1ccc(OCC(=O)N2CCCCC2)cc1. The van der Waals surface area contributed by atoms with Crippen LogP contribution in [0.2, 0.25) is 0 Å². The minimum Gasteiger partial charge on any atom is -0.484 e. The molecule has 1 aromatic heterocycles. The van der Waals surface area contributed by atoms with Crippen LogP contribution >= 0.6 is 0 Å². The average Bonchev–Trinajstić information content (AvgIpc) is 2.73. The van der Waals surface area contributed by atoms with E-state index in [-0.39, 0.29) is 12.5 Å². The third-order valence-electron chi connectivity index (χ3n) is 5.28. The van der Waals surface area contributed by atoms with Crippen LogP contribution in [0.4, 0.5) is 0 Å². The molecule has 1 aliphatic rings. The highest BCUT2D eigenvalue weighted by Gasteiger charge is 2.17. The monoisotopic (exact) mass is 367 g/mol. The number of ether oxygens (including phenoxy) is 1. The van der Waals surface area contributed by atoms with E-state index in [9.17, 15) is 4.79 Å². The number of aromatic nitrogens is 1. The number of pyridine rings is 1. The van der Waals surface area contributed by atoms with Crippen molar-refractivity contribution in [1.29, 1.82) is 0 Å². The fourth-order valence-corrected chi connectivity index (χ4v) is 3.39. The van der Waals surface area contributed by atoms with Crippen molar-refractivity contribution >= 4 is 5.91 Å². The summed E-state index contributed by atoms with van der Waals surface area (Å²) >= 11 is 0. The molecule has 2 aromatic rings. The van der Waals surface area contributed by atoms with Gasteiger partial charge in [0.1, 0.15) is 5.75 Å².